The van der Waals surface area contributed by atoms with Crippen LogP contribution in [0.3, 0.4) is 0 Å². The van der Waals surface area contributed by atoms with Crippen LogP contribution >= 0.6 is 11.3 Å². The summed E-state index contributed by atoms with van der Waals surface area (Å²) < 4.78 is 1.68. The average molecular weight is 245 g/mol. The molecule has 0 saturated heterocycles. The largest absolute Gasteiger partial charge is 0.399 e. The number of nitrogen functional groups attached to an aromatic ring is 1. The molecule has 0 aliphatic carbocycles. The molecule has 0 aliphatic rings. The van der Waals surface area contributed by atoms with Crippen LogP contribution in [-0.4, -0.2) is 19.8 Å². The Hall–Kier alpha value is -1.95. The lowest BCUT2D eigenvalue weighted by molar-refractivity contribution is 0.959. The van der Waals surface area contributed by atoms with Gasteiger partial charge in [-0.15, -0.1) is 10.2 Å². The zero-order valence-corrected chi connectivity index (χ0v) is 10.3. The van der Waals surface area contributed by atoms with Crippen molar-refractivity contribution in [3.63, 3.8) is 0 Å². The predicted octanol–water partition coefficient (Wildman–Crippen LogP) is 2.05. The van der Waals surface area contributed by atoms with Crippen LogP contribution in [0.15, 0.2) is 18.5 Å². The van der Waals surface area contributed by atoms with E-state index in [-0.39, 0.29) is 0 Å². The zero-order chi connectivity index (χ0) is 12.0. The number of hydrogen-bond acceptors (Lipinski definition) is 5. The van der Waals surface area contributed by atoms with E-state index in [4.69, 9.17) is 5.73 Å². The fourth-order valence-electron chi connectivity index (χ4n) is 1.78. The van der Waals surface area contributed by atoms with Crippen molar-refractivity contribution < 1.29 is 0 Å². The molecule has 1 aromatic carbocycles. The normalized spacial score (nSPS) is 11.2. The van der Waals surface area contributed by atoms with Crippen molar-refractivity contribution in [3.8, 4) is 10.6 Å². The highest BCUT2D eigenvalue weighted by Gasteiger charge is 2.11. The molecule has 3 aromatic rings. The van der Waals surface area contributed by atoms with Crippen LogP contribution in [0.2, 0.25) is 0 Å². The quantitative estimate of drug-likeness (QED) is 0.666. The maximum Gasteiger partial charge on any atom is 0.234 e. The first-order valence-corrected chi connectivity index (χ1v) is 6.01. The predicted molar refractivity (Wildman–Crippen MR) is 68.0 cm³/mol. The van der Waals surface area contributed by atoms with Crippen molar-refractivity contribution in [1.29, 1.82) is 0 Å². The van der Waals surface area contributed by atoms with E-state index in [1.807, 2.05) is 12.1 Å². The highest BCUT2D eigenvalue weighted by molar-refractivity contribution is 7.19. The molecule has 2 heterocycles. The molecule has 17 heavy (non-hydrogen) atoms. The maximum absolute atomic E-state index is 5.88. The smallest absolute Gasteiger partial charge is 0.234 e. The van der Waals surface area contributed by atoms with Crippen molar-refractivity contribution in [3.05, 3.63) is 29.6 Å². The summed E-state index contributed by atoms with van der Waals surface area (Å²) in [4.78, 5) is 0.791. The average Bonchev–Trinajstić information content (AvgIpc) is 2.83. The number of benzene rings is 1. The minimum atomic E-state index is 0.758. The summed E-state index contributed by atoms with van der Waals surface area (Å²) in [5.41, 5.74) is 10.1. The van der Waals surface area contributed by atoms with Gasteiger partial charge in [0.05, 0.1) is 0 Å². The Kier molecular flexibility index (Phi) is 2.12. The van der Waals surface area contributed by atoms with E-state index in [0.29, 0.717) is 0 Å². The molecular formula is C11H11N5S. The zero-order valence-electron chi connectivity index (χ0n) is 9.51. The Balaban J connectivity index is 2.24. The van der Waals surface area contributed by atoms with Gasteiger partial charge in [-0.2, -0.15) is 9.61 Å². The van der Waals surface area contributed by atoms with Crippen LogP contribution in [0, 0.1) is 13.8 Å². The fraction of sp³-hybridized carbons (Fsp3) is 0.182. The monoisotopic (exact) mass is 245 g/mol. The lowest BCUT2D eigenvalue weighted by Crippen LogP contribution is -1.93. The fourth-order valence-corrected chi connectivity index (χ4v) is 2.67. The maximum atomic E-state index is 5.88. The van der Waals surface area contributed by atoms with Crippen LogP contribution < -0.4 is 5.73 Å². The van der Waals surface area contributed by atoms with Crippen molar-refractivity contribution in [2.24, 2.45) is 0 Å². The van der Waals surface area contributed by atoms with E-state index in [0.717, 1.165) is 21.2 Å². The van der Waals surface area contributed by atoms with Gasteiger partial charge in [0.2, 0.25) is 4.96 Å². The van der Waals surface area contributed by atoms with E-state index >= 15 is 0 Å². The summed E-state index contributed by atoms with van der Waals surface area (Å²) in [7, 11) is 0. The second-order valence-corrected chi connectivity index (χ2v) is 4.93. The van der Waals surface area contributed by atoms with Crippen molar-refractivity contribution in [2.45, 2.75) is 13.8 Å². The van der Waals surface area contributed by atoms with Gasteiger partial charge in [-0.3, -0.25) is 0 Å². The van der Waals surface area contributed by atoms with Crippen molar-refractivity contribution in [2.75, 3.05) is 5.73 Å². The van der Waals surface area contributed by atoms with Crippen LogP contribution in [0.1, 0.15) is 11.1 Å². The van der Waals surface area contributed by atoms with E-state index in [9.17, 15) is 0 Å². The summed E-state index contributed by atoms with van der Waals surface area (Å²) in [5, 5.41) is 13.1. The highest BCUT2D eigenvalue weighted by atomic mass is 32.1. The van der Waals surface area contributed by atoms with Gasteiger partial charge in [-0.1, -0.05) is 11.3 Å². The van der Waals surface area contributed by atoms with Gasteiger partial charge >= 0.3 is 0 Å². The molecule has 3 rings (SSSR count). The Labute approximate surface area is 102 Å². The number of fused-ring (bicyclic) bond motifs is 1. The molecule has 0 amide bonds. The van der Waals surface area contributed by atoms with Gasteiger partial charge in [0.1, 0.15) is 11.3 Å². The number of anilines is 1. The first kappa shape index (κ1) is 10.2. The van der Waals surface area contributed by atoms with Crippen LogP contribution in [0.5, 0.6) is 0 Å². The number of rotatable bonds is 1. The van der Waals surface area contributed by atoms with E-state index < -0.39 is 0 Å². The Bertz CT molecular complexity index is 669. The molecule has 0 aliphatic heterocycles. The lowest BCUT2D eigenvalue weighted by atomic mass is 10.0. The molecule has 6 heteroatoms. The van der Waals surface area contributed by atoms with Crippen LogP contribution in [-0.2, 0) is 0 Å². The number of hydrogen-bond donors (Lipinski definition) is 1. The molecule has 0 unspecified atom stereocenters. The van der Waals surface area contributed by atoms with Gasteiger partial charge in [0.15, 0.2) is 0 Å². The molecule has 86 valence electrons. The third kappa shape index (κ3) is 1.57. The van der Waals surface area contributed by atoms with Crippen molar-refractivity contribution >= 4 is 22.0 Å². The van der Waals surface area contributed by atoms with Gasteiger partial charge < -0.3 is 5.73 Å². The second kappa shape index (κ2) is 3.53. The SMILES string of the molecule is Cc1cc(N)cc(-c2nn3cnnc3s2)c1C. The van der Waals surface area contributed by atoms with Crippen molar-refractivity contribution in [1.82, 2.24) is 19.8 Å². The lowest BCUT2D eigenvalue weighted by Gasteiger charge is -2.07. The third-order valence-electron chi connectivity index (χ3n) is 2.81. The molecule has 0 spiro atoms. The van der Waals surface area contributed by atoms with E-state index in [1.54, 1.807) is 10.8 Å². The molecule has 0 fully saturated rings. The summed E-state index contributed by atoms with van der Waals surface area (Å²) in [6.45, 7) is 4.13. The van der Waals surface area contributed by atoms with Gasteiger partial charge in [0, 0.05) is 11.3 Å². The molecular weight excluding hydrogens is 234 g/mol. The second-order valence-electron chi connectivity index (χ2n) is 3.98. The number of aryl methyl sites for hydroxylation is 1. The van der Waals surface area contributed by atoms with E-state index in [2.05, 4.69) is 29.1 Å². The van der Waals surface area contributed by atoms with Gasteiger partial charge in [-0.25, -0.2) is 0 Å². The minimum absolute atomic E-state index is 0.758. The first-order valence-electron chi connectivity index (χ1n) is 5.19. The first-order chi connectivity index (χ1) is 8.15. The standard InChI is InChI=1S/C11H11N5S/c1-6-3-8(12)4-9(7(6)2)10-15-16-5-13-14-11(16)17-10/h3-5H,12H2,1-2H3. The molecule has 0 atom stereocenters. The summed E-state index contributed by atoms with van der Waals surface area (Å²) in [6, 6.07) is 3.92. The summed E-state index contributed by atoms with van der Waals surface area (Å²) >= 11 is 1.51. The van der Waals surface area contributed by atoms with Crippen LogP contribution in [0.25, 0.3) is 15.5 Å². The Morgan fingerprint density at radius 1 is 1.29 bits per heavy atom. The molecule has 0 saturated carbocycles. The summed E-state index contributed by atoms with van der Waals surface area (Å²) in [6.07, 6.45) is 1.60. The topological polar surface area (TPSA) is 69.1 Å². The summed E-state index contributed by atoms with van der Waals surface area (Å²) in [5.74, 6) is 0. The molecule has 0 bridgehead atoms. The number of nitrogens with zero attached hydrogens (tertiary/aromatic N) is 4. The molecule has 5 nitrogen and oxygen atoms in total. The third-order valence-corrected chi connectivity index (χ3v) is 3.75. The molecule has 2 N–H and O–H groups in total. The molecule has 2 aromatic heterocycles. The Morgan fingerprint density at radius 2 is 2.12 bits per heavy atom. The molecule has 0 radical (unpaired) electrons. The van der Waals surface area contributed by atoms with E-state index in [1.165, 1.54) is 22.5 Å². The number of aromatic nitrogens is 4. The van der Waals surface area contributed by atoms with Gasteiger partial charge in [-0.05, 0) is 37.1 Å². The van der Waals surface area contributed by atoms with Crippen LogP contribution in [0.4, 0.5) is 5.69 Å². The number of nitrogens with two attached hydrogens (primary N) is 1. The minimum Gasteiger partial charge on any atom is -0.399 e. The Morgan fingerprint density at radius 3 is 2.88 bits per heavy atom. The highest BCUT2D eigenvalue weighted by Crippen LogP contribution is 2.30. The van der Waals surface area contributed by atoms with Gasteiger partial charge in [0.25, 0.3) is 0 Å².